The third-order valence-corrected chi connectivity index (χ3v) is 6.85. The number of hydrogen-bond acceptors (Lipinski definition) is 7. The van der Waals surface area contributed by atoms with Crippen LogP contribution in [0.15, 0.2) is 24.7 Å². The first-order valence-electron chi connectivity index (χ1n) is 11.6. The number of likely N-dealkylation sites (tertiary alicyclic amines) is 1. The molecule has 3 aromatic heterocycles. The zero-order chi connectivity index (χ0) is 25.6. The van der Waals surface area contributed by atoms with Crippen molar-refractivity contribution in [2.45, 2.75) is 37.7 Å². The topological polar surface area (TPSA) is 111 Å². The lowest BCUT2D eigenvalue weighted by atomic mass is 9.85. The Morgan fingerprint density at radius 3 is 2.69 bits per heavy atom. The molecule has 1 saturated carbocycles. The maximum absolute atomic E-state index is 14.7. The van der Waals surface area contributed by atoms with Gasteiger partial charge >= 0.3 is 6.18 Å². The van der Waals surface area contributed by atoms with Gasteiger partial charge in [0.15, 0.2) is 5.82 Å². The van der Waals surface area contributed by atoms with E-state index in [1.54, 1.807) is 0 Å². The number of rotatable bonds is 6. The maximum atomic E-state index is 14.7. The summed E-state index contributed by atoms with van der Waals surface area (Å²) in [5.41, 5.74) is 4.43. The third-order valence-electron chi connectivity index (χ3n) is 6.85. The molecule has 2 fully saturated rings. The Hall–Kier alpha value is -3.48. The quantitative estimate of drug-likeness (QED) is 0.494. The van der Waals surface area contributed by atoms with Gasteiger partial charge in [-0.1, -0.05) is 6.42 Å². The third kappa shape index (κ3) is 4.43. The number of aromatic nitrogens is 4. The predicted molar refractivity (Wildman–Crippen MR) is 122 cm³/mol. The molecule has 0 bridgehead atoms. The molecule has 2 unspecified atom stereocenters. The monoisotopic (exact) mass is 507 g/mol. The van der Waals surface area contributed by atoms with Gasteiger partial charge in [0.05, 0.1) is 24.4 Å². The van der Waals surface area contributed by atoms with Crippen molar-refractivity contribution in [3.05, 3.63) is 35.8 Å². The number of pyridine rings is 1. The fourth-order valence-corrected chi connectivity index (χ4v) is 4.82. The number of carbonyl (C=O) groups is 1. The van der Waals surface area contributed by atoms with Gasteiger partial charge < -0.3 is 15.8 Å². The number of methoxy groups -OCH3 is 1. The summed E-state index contributed by atoms with van der Waals surface area (Å²) >= 11 is 0. The molecule has 192 valence electrons. The van der Waals surface area contributed by atoms with Crippen molar-refractivity contribution < 1.29 is 27.1 Å². The average Bonchev–Trinajstić information content (AvgIpc) is 3.37. The van der Waals surface area contributed by atoms with Crippen LogP contribution in [0.25, 0.3) is 16.8 Å². The van der Waals surface area contributed by atoms with Crippen molar-refractivity contribution in [1.82, 2.24) is 29.8 Å². The lowest BCUT2D eigenvalue weighted by Gasteiger charge is -2.29. The summed E-state index contributed by atoms with van der Waals surface area (Å²) in [6.07, 6.45) is -0.174. The van der Waals surface area contributed by atoms with Gasteiger partial charge in [-0.15, -0.1) is 0 Å². The van der Waals surface area contributed by atoms with Crippen LogP contribution in [0.3, 0.4) is 0 Å². The van der Waals surface area contributed by atoms with E-state index >= 15 is 0 Å². The lowest BCUT2D eigenvalue weighted by Crippen LogP contribution is -2.42. The van der Waals surface area contributed by atoms with Crippen molar-refractivity contribution >= 4 is 17.2 Å². The molecule has 0 radical (unpaired) electrons. The first kappa shape index (κ1) is 24.2. The van der Waals surface area contributed by atoms with Crippen LogP contribution < -0.4 is 15.8 Å². The molecule has 3 N–H and O–H groups in total. The molecule has 0 aromatic carbocycles. The Morgan fingerprint density at radius 1 is 1.25 bits per heavy atom. The summed E-state index contributed by atoms with van der Waals surface area (Å²) in [5, 5.41) is 6.62. The highest BCUT2D eigenvalue weighted by molar-refractivity contribution is 5.98. The number of nitrogen functional groups attached to an aromatic ring is 1. The standard InChI is InChI=1S/C23H25F4N7O2/c1-36-22-14(21(35)32-17-10-33(9-16(17)24)8-12-3-2-4-12)5-13(7-29-22)18-6-15(23(25,26)27)19-20(28)30-11-31-34(18)19/h5-7,11-12,16-17H,2-4,8-10H2,1H3,(H,32,35)(H2,28,30,31). The van der Waals surface area contributed by atoms with Crippen molar-refractivity contribution in [3.63, 3.8) is 0 Å². The molecule has 4 heterocycles. The number of nitrogens with two attached hydrogens (primary N) is 1. The van der Waals surface area contributed by atoms with Crippen LogP contribution in [0.4, 0.5) is 23.4 Å². The number of amides is 1. The van der Waals surface area contributed by atoms with Crippen molar-refractivity contribution in [1.29, 1.82) is 0 Å². The highest BCUT2D eigenvalue weighted by atomic mass is 19.4. The summed E-state index contributed by atoms with van der Waals surface area (Å²) < 4.78 is 62.0. The van der Waals surface area contributed by atoms with Crippen LogP contribution in [0, 0.1) is 5.92 Å². The van der Waals surface area contributed by atoms with E-state index in [1.165, 1.54) is 25.8 Å². The molecule has 13 heteroatoms. The molecule has 2 atom stereocenters. The van der Waals surface area contributed by atoms with Gasteiger partial charge in [-0.05, 0) is 30.9 Å². The van der Waals surface area contributed by atoms with Gasteiger partial charge in [-0.3, -0.25) is 9.69 Å². The highest BCUT2D eigenvalue weighted by Gasteiger charge is 2.38. The Labute approximate surface area is 203 Å². The maximum Gasteiger partial charge on any atom is 0.418 e. The molecular formula is C23H25F4N7O2. The number of fused-ring (bicyclic) bond motifs is 1. The number of halogens is 4. The van der Waals surface area contributed by atoms with E-state index in [0.717, 1.165) is 36.3 Å². The zero-order valence-corrected chi connectivity index (χ0v) is 19.4. The smallest absolute Gasteiger partial charge is 0.418 e. The Kier molecular flexibility index (Phi) is 6.18. The minimum Gasteiger partial charge on any atom is -0.480 e. The molecule has 5 rings (SSSR count). The summed E-state index contributed by atoms with van der Waals surface area (Å²) in [7, 11) is 1.31. The number of anilines is 1. The number of hydrogen-bond donors (Lipinski definition) is 2. The largest absolute Gasteiger partial charge is 0.480 e. The van der Waals surface area contributed by atoms with E-state index in [0.29, 0.717) is 12.5 Å². The van der Waals surface area contributed by atoms with Gasteiger partial charge in [0, 0.05) is 31.4 Å². The first-order valence-corrected chi connectivity index (χ1v) is 11.6. The minimum absolute atomic E-state index is 0.00605. The van der Waals surface area contributed by atoms with Gasteiger partial charge in [-0.2, -0.15) is 18.3 Å². The number of alkyl halides is 4. The molecule has 0 spiro atoms. The minimum atomic E-state index is -4.72. The lowest BCUT2D eigenvalue weighted by molar-refractivity contribution is -0.136. The van der Waals surface area contributed by atoms with Gasteiger partial charge in [-0.25, -0.2) is 18.9 Å². The highest BCUT2D eigenvalue weighted by Crippen LogP contribution is 2.39. The van der Waals surface area contributed by atoms with Crippen LogP contribution in [-0.2, 0) is 6.18 Å². The second-order valence-electron chi connectivity index (χ2n) is 9.24. The summed E-state index contributed by atoms with van der Waals surface area (Å²) in [4.78, 5) is 22.9. The number of nitrogens with zero attached hydrogens (tertiary/aromatic N) is 5. The van der Waals surface area contributed by atoms with E-state index in [2.05, 4.69) is 20.4 Å². The normalized spacial score (nSPS) is 21.0. The fourth-order valence-electron chi connectivity index (χ4n) is 4.82. The summed E-state index contributed by atoms with van der Waals surface area (Å²) in [5.74, 6) is -0.443. The van der Waals surface area contributed by atoms with E-state index in [9.17, 15) is 22.4 Å². The van der Waals surface area contributed by atoms with Crippen LogP contribution in [-0.4, -0.2) is 69.3 Å². The van der Waals surface area contributed by atoms with E-state index in [-0.39, 0.29) is 35.1 Å². The van der Waals surface area contributed by atoms with Crippen molar-refractivity contribution in [3.8, 4) is 17.1 Å². The van der Waals surface area contributed by atoms with E-state index in [1.807, 2.05) is 4.90 Å². The van der Waals surface area contributed by atoms with E-state index < -0.39 is 35.4 Å². The van der Waals surface area contributed by atoms with Gasteiger partial charge in [0.1, 0.15) is 23.6 Å². The van der Waals surface area contributed by atoms with Crippen LogP contribution >= 0.6 is 0 Å². The number of ether oxygens (including phenoxy) is 1. The Balaban J connectivity index is 1.45. The first-order chi connectivity index (χ1) is 17.2. The molecule has 2 aliphatic rings. The molecule has 1 amide bonds. The van der Waals surface area contributed by atoms with Crippen molar-refractivity contribution in [2.24, 2.45) is 5.92 Å². The van der Waals surface area contributed by atoms with Crippen molar-refractivity contribution in [2.75, 3.05) is 32.5 Å². The summed E-state index contributed by atoms with van der Waals surface area (Å²) in [6.45, 7) is 1.43. The molecular weight excluding hydrogens is 482 g/mol. The fraction of sp³-hybridized carbons (Fsp3) is 0.478. The summed E-state index contributed by atoms with van der Waals surface area (Å²) in [6, 6.07) is 1.50. The average molecular weight is 507 g/mol. The van der Waals surface area contributed by atoms with Gasteiger partial charge in [0.2, 0.25) is 5.88 Å². The predicted octanol–water partition coefficient (Wildman–Crippen LogP) is 2.95. The van der Waals surface area contributed by atoms with E-state index in [4.69, 9.17) is 10.5 Å². The molecule has 1 aliphatic carbocycles. The number of carbonyl (C=O) groups excluding carboxylic acids is 1. The number of nitrogens with one attached hydrogen (secondary N) is 1. The Morgan fingerprint density at radius 2 is 2.03 bits per heavy atom. The molecule has 1 saturated heterocycles. The Bertz CT molecular complexity index is 1290. The molecule has 3 aromatic rings. The SMILES string of the molecule is COc1ncc(-c2cc(C(F)(F)F)c3c(N)ncnn23)cc1C(=O)NC1CN(CC2CCC2)CC1F. The van der Waals surface area contributed by atoms with Gasteiger partial charge in [0.25, 0.3) is 5.91 Å². The molecule has 9 nitrogen and oxygen atoms in total. The molecule has 1 aliphatic heterocycles. The van der Waals surface area contributed by atoms with Crippen LogP contribution in [0.5, 0.6) is 5.88 Å². The van der Waals surface area contributed by atoms with Crippen LogP contribution in [0.1, 0.15) is 35.2 Å². The second kappa shape index (κ2) is 9.19. The second-order valence-corrected chi connectivity index (χ2v) is 9.24. The molecule has 36 heavy (non-hydrogen) atoms. The van der Waals surface area contributed by atoms with Crippen LogP contribution in [0.2, 0.25) is 0 Å². The zero-order valence-electron chi connectivity index (χ0n) is 19.4.